The summed E-state index contributed by atoms with van der Waals surface area (Å²) < 4.78 is 12.0. The lowest BCUT2D eigenvalue weighted by Gasteiger charge is -2.48. The number of esters is 1. The molecule has 3 rings (SSSR count). The van der Waals surface area contributed by atoms with E-state index in [0.717, 1.165) is 34.6 Å². The Labute approximate surface area is 324 Å². The average molecular weight is 784 g/mol. The van der Waals surface area contributed by atoms with Gasteiger partial charge in [0, 0.05) is 33.6 Å². The zero-order valence-electron chi connectivity index (χ0n) is 34.0. The van der Waals surface area contributed by atoms with Crippen LogP contribution in [-0.4, -0.2) is 159 Å². The number of cyclic esters (lactones) is 1. The largest absolute Gasteiger partial charge is 0.458 e. The summed E-state index contributed by atoms with van der Waals surface area (Å²) in [5.74, 6) is -7.17. The first-order valence-corrected chi connectivity index (χ1v) is 19.6. The second-order valence-electron chi connectivity index (χ2n) is 16.0. The Morgan fingerprint density at radius 1 is 1.07 bits per heavy atom. The molecule has 2 unspecified atom stereocenters. The fraction of sp³-hybridized carbons (Fsp3) is 0.838. The van der Waals surface area contributed by atoms with Crippen molar-refractivity contribution in [2.75, 3.05) is 46.8 Å². The Kier molecular flexibility index (Phi) is 16.4. The van der Waals surface area contributed by atoms with Crippen LogP contribution in [0.15, 0.2) is 0 Å². The van der Waals surface area contributed by atoms with E-state index in [9.17, 15) is 44.2 Å². The van der Waals surface area contributed by atoms with Gasteiger partial charge in [-0.25, -0.2) is 5.43 Å². The number of hydroxylamine groups is 2. The van der Waals surface area contributed by atoms with Crippen LogP contribution < -0.4 is 16.1 Å². The van der Waals surface area contributed by atoms with Crippen molar-refractivity contribution in [2.45, 2.75) is 135 Å². The lowest BCUT2D eigenvalue weighted by molar-refractivity contribution is -0.329. The van der Waals surface area contributed by atoms with E-state index in [0.29, 0.717) is 38.1 Å². The molecule has 18 nitrogen and oxygen atoms in total. The molecule has 6 N–H and O–H groups in total. The van der Waals surface area contributed by atoms with Crippen molar-refractivity contribution >= 4 is 35.5 Å². The van der Waals surface area contributed by atoms with Crippen molar-refractivity contribution in [3.8, 4) is 0 Å². The maximum absolute atomic E-state index is 14.6. The second kappa shape index (κ2) is 19.6. The molecule has 0 aromatic carbocycles. The fourth-order valence-corrected chi connectivity index (χ4v) is 7.29. The molecular formula is C37H65N7O11. The highest BCUT2D eigenvalue weighted by Gasteiger charge is 2.57. The molecule has 55 heavy (non-hydrogen) atoms. The minimum absolute atomic E-state index is 0.0537. The smallest absolute Gasteiger partial charge is 0.325 e. The van der Waals surface area contributed by atoms with Gasteiger partial charge in [-0.3, -0.25) is 33.8 Å². The third kappa shape index (κ3) is 11.3. The van der Waals surface area contributed by atoms with Gasteiger partial charge < -0.3 is 45.3 Å². The van der Waals surface area contributed by atoms with Crippen LogP contribution in [0.25, 0.3) is 0 Å². The minimum atomic E-state index is -2.57. The van der Waals surface area contributed by atoms with Gasteiger partial charge in [-0.2, -0.15) is 5.06 Å². The normalized spacial score (nSPS) is 32.1. The number of ether oxygens (including phenoxy) is 2. The number of amides is 5. The van der Waals surface area contributed by atoms with Crippen molar-refractivity contribution in [3.63, 3.8) is 0 Å². The van der Waals surface area contributed by atoms with Crippen LogP contribution in [0.3, 0.4) is 0 Å². The summed E-state index contributed by atoms with van der Waals surface area (Å²) in [5.41, 5.74) is 0.430. The monoisotopic (exact) mass is 783 g/mol. The molecule has 3 aliphatic rings. The fourth-order valence-electron chi connectivity index (χ4n) is 7.29. The molecule has 3 fully saturated rings. The van der Waals surface area contributed by atoms with Crippen molar-refractivity contribution < 1.29 is 53.7 Å². The topological polar surface area (TPSA) is 231 Å². The number of hydrazine groups is 1. The quantitative estimate of drug-likeness (QED) is 0.175. The summed E-state index contributed by atoms with van der Waals surface area (Å²) >= 11 is 0. The van der Waals surface area contributed by atoms with E-state index in [4.69, 9.17) is 9.47 Å². The molecule has 18 heteroatoms. The van der Waals surface area contributed by atoms with Crippen LogP contribution in [0.2, 0.25) is 0 Å². The number of fused-ring (bicyclic) bond motifs is 1. The van der Waals surface area contributed by atoms with Crippen LogP contribution in [0, 0.1) is 17.8 Å². The molecule has 0 bridgehead atoms. The summed E-state index contributed by atoms with van der Waals surface area (Å²) in [6, 6.07) is -3.41. The highest BCUT2D eigenvalue weighted by molar-refractivity contribution is 5.93. The summed E-state index contributed by atoms with van der Waals surface area (Å²) in [6.07, 6.45) is 1.94. The molecule has 3 saturated heterocycles. The molecule has 314 valence electrons. The summed E-state index contributed by atoms with van der Waals surface area (Å²) in [5, 5.41) is 41.5. The number of hydrogen-bond acceptors (Lipinski definition) is 13. The SMILES string of the molecule is CCC(C)C[C@H]1CC[C@](O)([C@](C)(O)C(=O)N[C@@H]2C(=O)N3NCCC[C@@H]3CN(O)CC(=O)N(C)[C@@H](C)C(=O)NCC(=O)N(C)CC(=O)OC2C(C)C)O[C@@H]1CC. The third-order valence-corrected chi connectivity index (χ3v) is 11.4. The highest BCUT2D eigenvalue weighted by Crippen LogP contribution is 2.41. The number of hydrogen-bond donors (Lipinski definition) is 6. The summed E-state index contributed by atoms with van der Waals surface area (Å²) in [7, 11) is 2.70. The Morgan fingerprint density at radius 3 is 2.36 bits per heavy atom. The lowest BCUT2D eigenvalue weighted by atomic mass is 9.78. The van der Waals surface area contributed by atoms with E-state index in [2.05, 4.69) is 29.9 Å². The first kappa shape index (κ1) is 46.0. The molecule has 3 heterocycles. The van der Waals surface area contributed by atoms with Crippen molar-refractivity contribution in [2.24, 2.45) is 17.8 Å². The van der Waals surface area contributed by atoms with Gasteiger partial charge >= 0.3 is 5.97 Å². The van der Waals surface area contributed by atoms with Gasteiger partial charge in [-0.05, 0) is 63.7 Å². The molecule has 9 atom stereocenters. The Hall–Kier alpha value is -3.42. The number of carbonyl (C=O) groups excluding carboxylic acids is 6. The standard InChI is InChI=1S/C37H65N7O11/c1-10-23(5)17-25-14-15-37(52,55-27(25)11-2)36(7,51)35(50)40-31-32(22(3)4)54-30(47)21-41(8)28(45)18-38-33(48)24(6)42(9)29(46)20-43(53)19-26-13-12-16-39-44(26)34(31)49/h22-27,31-32,39,51-53H,10-21H2,1-9H3,(H,38,48)(H,40,50)/t23?,24-,25+,26+,27+,31-,32?,36+,37+/m0/s1. The molecule has 0 spiro atoms. The highest BCUT2D eigenvalue weighted by atomic mass is 16.6. The van der Waals surface area contributed by atoms with Gasteiger partial charge in [0.2, 0.25) is 23.5 Å². The molecule has 0 saturated carbocycles. The average Bonchev–Trinajstić information content (AvgIpc) is 3.14. The van der Waals surface area contributed by atoms with Gasteiger partial charge in [0.1, 0.15) is 31.3 Å². The Bertz CT molecular complexity index is 1380. The van der Waals surface area contributed by atoms with Gasteiger partial charge in [-0.1, -0.05) is 41.0 Å². The van der Waals surface area contributed by atoms with E-state index >= 15 is 0 Å². The van der Waals surface area contributed by atoms with Crippen LogP contribution in [0.5, 0.6) is 0 Å². The number of aliphatic hydroxyl groups is 2. The van der Waals surface area contributed by atoms with Crippen LogP contribution in [0.4, 0.5) is 0 Å². The first-order valence-electron chi connectivity index (χ1n) is 19.6. The summed E-state index contributed by atoms with van der Waals surface area (Å²) in [4.78, 5) is 83.1. The van der Waals surface area contributed by atoms with E-state index in [1.807, 2.05) is 6.92 Å². The Balaban J connectivity index is 2.01. The van der Waals surface area contributed by atoms with E-state index in [1.54, 1.807) is 13.8 Å². The molecule has 0 radical (unpaired) electrons. The first-order chi connectivity index (χ1) is 25.7. The number of rotatable bonds is 8. The number of carbonyl (C=O) groups is 6. The molecule has 0 aromatic heterocycles. The van der Waals surface area contributed by atoms with Crippen molar-refractivity contribution in [3.05, 3.63) is 0 Å². The summed E-state index contributed by atoms with van der Waals surface area (Å²) in [6.45, 7) is 10.6. The predicted octanol–water partition coefficient (Wildman–Crippen LogP) is -0.258. The number of likely N-dealkylation sites (N-methyl/N-ethyl adjacent to an activating group) is 2. The van der Waals surface area contributed by atoms with Crippen LogP contribution in [0.1, 0.15) is 93.4 Å². The van der Waals surface area contributed by atoms with E-state index < -0.39 is 103 Å². The second-order valence-corrected chi connectivity index (χ2v) is 16.0. The predicted molar refractivity (Wildman–Crippen MR) is 198 cm³/mol. The maximum Gasteiger partial charge on any atom is 0.325 e. The number of nitrogens with zero attached hydrogens (tertiary/aromatic N) is 4. The van der Waals surface area contributed by atoms with E-state index in [1.165, 1.54) is 26.0 Å². The van der Waals surface area contributed by atoms with Crippen LogP contribution >= 0.6 is 0 Å². The van der Waals surface area contributed by atoms with Gasteiger partial charge in [-0.15, -0.1) is 0 Å². The molecule has 3 aliphatic heterocycles. The van der Waals surface area contributed by atoms with Crippen molar-refractivity contribution in [1.29, 1.82) is 0 Å². The maximum atomic E-state index is 14.6. The van der Waals surface area contributed by atoms with Gasteiger partial charge in [0.15, 0.2) is 5.60 Å². The van der Waals surface area contributed by atoms with Crippen LogP contribution in [-0.2, 0) is 38.2 Å². The van der Waals surface area contributed by atoms with Gasteiger partial charge in [0.05, 0.1) is 18.7 Å². The third-order valence-electron chi connectivity index (χ3n) is 11.4. The minimum Gasteiger partial charge on any atom is -0.458 e. The number of nitrogens with one attached hydrogen (secondary N) is 3. The Morgan fingerprint density at radius 2 is 1.75 bits per heavy atom. The zero-order chi connectivity index (χ0) is 41.4. The molecular weight excluding hydrogens is 718 g/mol. The molecule has 0 aliphatic carbocycles. The lowest BCUT2D eigenvalue weighted by Crippen LogP contribution is -2.70. The zero-order valence-corrected chi connectivity index (χ0v) is 34.0. The van der Waals surface area contributed by atoms with Gasteiger partial charge in [0.25, 0.3) is 11.8 Å². The van der Waals surface area contributed by atoms with Crippen molar-refractivity contribution in [1.82, 2.24) is 35.9 Å². The van der Waals surface area contributed by atoms with E-state index in [-0.39, 0.29) is 18.9 Å². The molecule has 0 aromatic rings. The molecule has 5 amide bonds.